The predicted molar refractivity (Wildman–Crippen MR) is 88.9 cm³/mol. The summed E-state index contributed by atoms with van der Waals surface area (Å²) < 4.78 is 0. The van der Waals surface area contributed by atoms with Crippen LogP contribution in [0.3, 0.4) is 0 Å². The van der Waals surface area contributed by atoms with Crippen molar-refractivity contribution in [1.82, 2.24) is 9.97 Å². The van der Waals surface area contributed by atoms with E-state index in [0.717, 1.165) is 23.0 Å². The van der Waals surface area contributed by atoms with Gasteiger partial charge in [0, 0.05) is 18.0 Å². The first-order valence-electron chi connectivity index (χ1n) is 7.27. The summed E-state index contributed by atoms with van der Waals surface area (Å²) in [6, 6.07) is 16.5. The molecule has 1 aromatic heterocycles. The van der Waals surface area contributed by atoms with Gasteiger partial charge < -0.3 is 5.32 Å². The lowest BCUT2D eigenvalue weighted by Crippen LogP contribution is -2.71. The van der Waals surface area contributed by atoms with Gasteiger partial charge in [0.25, 0.3) is 5.82 Å². The van der Waals surface area contributed by atoms with Crippen molar-refractivity contribution < 1.29 is 5.32 Å². The predicted octanol–water partition coefficient (Wildman–Crippen LogP) is 3.36. The SMILES string of the molecule is Cc1cccc(Nc2nccnc2[NH2+]c2cccc(C)c2)c1. The van der Waals surface area contributed by atoms with Crippen LogP contribution in [-0.2, 0) is 0 Å². The van der Waals surface area contributed by atoms with E-state index in [1.54, 1.807) is 12.4 Å². The van der Waals surface area contributed by atoms with Crippen LogP contribution in [0.1, 0.15) is 11.1 Å². The number of nitrogens with one attached hydrogen (secondary N) is 1. The summed E-state index contributed by atoms with van der Waals surface area (Å²) in [5.41, 5.74) is 4.57. The van der Waals surface area contributed by atoms with Crippen LogP contribution in [-0.4, -0.2) is 9.97 Å². The zero-order valence-electron chi connectivity index (χ0n) is 12.7. The topological polar surface area (TPSA) is 54.4 Å². The largest absolute Gasteiger partial charge is 0.334 e. The average molecular weight is 291 g/mol. The normalized spacial score (nSPS) is 10.5. The number of benzene rings is 2. The molecule has 3 aromatic rings. The molecule has 110 valence electrons. The Morgan fingerprint density at radius 1 is 0.864 bits per heavy atom. The molecule has 0 bridgehead atoms. The molecule has 3 rings (SSSR count). The second kappa shape index (κ2) is 6.37. The highest BCUT2D eigenvalue weighted by atomic mass is 15.1. The Balaban J connectivity index is 1.86. The van der Waals surface area contributed by atoms with E-state index < -0.39 is 0 Å². The quantitative estimate of drug-likeness (QED) is 0.725. The Hall–Kier alpha value is -2.72. The van der Waals surface area contributed by atoms with E-state index in [9.17, 15) is 0 Å². The molecule has 22 heavy (non-hydrogen) atoms. The number of anilines is 2. The monoisotopic (exact) mass is 291 g/mol. The smallest absolute Gasteiger partial charge is 0.273 e. The van der Waals surface area contributed by atoms with Gasteiger partial charge in [-0.15, -0.1) is 0 Å². The Morgan fingerprint density at radius 2 is 1.59 bits per heavy atom. The minimum atomic E-state index is 0.759. The molecule has 0 spiro atoms. The van der Waals surface area contributed by atoms with Crippen LogP contribution >= 0.6 is 0 Å². The maximum Gasteiger partial charge on any atom is 0.273 e. The lowest BCUT2D eigenvalue weighted by atomic mass is 10.2. The maximum atomic E-state index is 4.44. The van der Waals surface area contributed by atoms with Crippen molar-refractivity contribution >= 4 is 23.0 Å². The molecule has 0 atom stereocenters. The second-order valence-corrected chi connectivity index (χ2v) is 5.34. The average Bonchev–Trinajstić information content (AvgIpc) is 2.49. The third kappa shape index (κ3) is 3.48. The van der Waals surface area contributed by atoms with E-state index in [1.165, 1.54) is 11.1 Å². The Morgan fingerprint density at radius 3 is 2.36 bits per heavy atom. The molecule has 0 radical (unpaired) electrons. The van der Waals surface area contributed by atoms with Gasteiger partial charge in [0.1, 0.15) is 5.69 Å². The summed E-state index contributed by atoms with van der Waals surface area (Å²) in [4.78, 5) is 8.86. The van der Waals surface area contributed by atoms with Crippen molar-refractivity contribution in [3.8, 4) is 0 Å². The molecular weight excluding hydrogens is 272 g/mol. The summed E-state index contributed by atoms with van der Waals surface area (Å²) in [5, 5.41) is 5.38. The summed E-state index contributed by atoms with van der Waals surface area (Å²) in [5.74, 6) is 1.59. The van der Waals surface area contributed by atoms with Crippen LogP contribution in [0.15, 0.2) is 60.9 Å². The molecule has 0 amide bonds. The van der Waals surface area contributed by atoms with Crippen molar-refractivity contribution in [3.05, 3.63) is 72.1 Å². The number of nitrogens with two attached hydrogens (primary N) is 1. The highest BCUT2D eigenvalue weighted by Gasteiger charge is 2.11. The molecule has 0 aliphatic heterocycles. The molecule has 0 saturated carbocycles. The second-order valence-electron chi connectivity index (χ2n) is 5.34. The summed E-state index contributed by atoms with van der Waals surface area (Å²) >= 11 is 0. The first kappa shape index (κ1) is 14.2. The first-order valence-corrected chi connectivity index (χ1v) is 7.27. The number of hydrogen-bond donors (Lipinski definition) is 2. The molecule has 3 N–H and O–H groups in total. The highest BCUT2D eigenvalue weighted by Crippen LogP contribution is 2.19. The minimum absolute atomic E-state index is 0.759. The highest BCUT2D eigenvalue weighted by molar-refractivity contribution is 5.63. The van der Waals surface area contributed by atoms with E-state index in [4.69, 9.17) is 0 Å². The van der Waals surface area contributed by atoms with Crippen LogP contribution < -0.4 is 10.6 Å². The standard InChI is InChI=1S/C18H18N4/c1-13-5-3-7-15(11-13)21-17-18(20-10-9-19-17)22-16-8-4-6-14(2)12-16/h3-12H,1-2H3,(H,19,21)(H,20,22)/p+1. The van der Waals surface area contributed by atoms with Crippen molar-refractivity contribution in [2.45, 2.75) is 13.8 Å². The van der Waals surface area contributed by atoms with Crippen molar-refractivity contribution in [3.63, 3.8) is 0 Å². The van der Waals surface area contributed by atoms with E-state index >= 15 is 0 Å². The summed E-state index contributed by atoms with van der Waals surface area (Å²) in [6.07, 6.45) is 3.41. The fourth-order valence-corrected chi connectivity index (χ4v) is 2.33. The van der Waals surface area contributed by atoms with Crippen molar-refractivity contribution in [1.29, 1.82) is 0 Å². The first-order chi connectivity index (χ1) is 10.7. The number of aryl methyl sites for hydroxylation is 2. The molecule has 0 fully saturated rings. The molecule has 1 heterocycles. The Labute approximate surface area is 130 Å². The Bertz CT molecular complexity index is 717. The van der Waals surface area contributed by atoms with Crippen LogP contribution in [0, 0.1) is 13.8 Å². The zero-order valence-corrected chi connectivity index (χ0v) is 12.7. The van der Waals surface area contributed by atoms with Crippen molar-refractivity contribution in [2.24, 2.45) is 0 Å². The Kier molecular flexibility index (Phi) is 4.12. The van der Waals surface area contributed by atoms with E-state index in [2.05, 4.69) is 59.5 Å². The minimum Gasteiger partial charge on any atom is -0.334 e. The van der Waals surface area contributed by atoms with Gasteiger partial charge in [-0.2, -0.15) is 4.98 Å². The number of aromatic nitrogens is 2. The van der Waals surface area contributed by atoms with Crippen molar-refractivity contribution in [2.75, 3.05) is 5.32 Å². The summed E-state index contributed by atoms with van der Waals surface area (Å²) in [6.45, 7) is 4.15. The van der Waals surface area contributed by atoms with Gasteiger partial charge in [0.05, 0.1) is 6.20 Å². The maximum absolute atomic E-state index is 4.44. The third-order valence-electron chi connectivity index (χ3n) is 3.35. The third-order valence-corrected chi connectivity index (χ3v) is 3.35. The van der Waals surface area contributed by atoms with Gasteiger partial charge in [-0.05, 0) is 43.2 Å². The van der Waals surface area contributed by atoms with Crippen LogP contribution in [0.5, 0.6) is 0 Å². The van der Waals surface area contributed by atoms with Gasteiger partial charge >= 0.3 is 0 Å². The zero-order chi connectivity index (χ0) is 15.4. The molecule has 0 saturated heterocycles. The van der Waals surface area contributed by atoms with Gasteiger partial charge in [0.2, 0.25) is 5.82 Å². The van der Waals surface area contributed by atoms with Gasteiger partial charge in [0.15, 0.2) is 0 Å². The van der Waals surface area contributed by atoms with E-state index in [-0.39, 0.29) is 0 Å². The number of hydrogen-bond acceptors (Lipinski definition) is 3. The fourth-order valence-electron chi connectivity index (χ4n) is 2.33. The van der Waals surface area contributed by atoms with E-state index in [0.29, 0.717) is 0 Å². The molecular formula is C18H19N4+. The lowest BCUT2D eigenvalue weighted by molar-refractivity contribution is -0.482. The van der Waals surface area contributed by atoms with Gasteiger partial charge in [-0.1, -0.05) is 24.3 Å². The number of nitrogens with zero attached hydrogens (tertiary/aromatic N) is 2. The molecule has 0 aliphatic carbocycles. The van der Waals surface area contributed by atoms with Crippen LogP contribution in [0.4, 0.5) is 23.0 Å². The summed E-state index contributed by atoms with van der Waals surface area (Å²) in [7, 11) is 0. The van der Waals surface area contributed by atoms with Gasteiger partial charge in [-0.3, -0.25) is 5.32 Å². The number of quaternary nitrogens is 1. The van der Waals surface area contributed by atoms with Gasteiger partial charge in [-0.25, -0.2) is 4.98 Å². The molecule has 0 aliphatic rings. The van der Waals surface area contributed by atoms with Crippen LogP contribution in [0.25, 0.3) is 0 Å². The molecule has 4 heteroatoms. The number of rotatable bonds is 4. The lowest BCUT2D eigenvalue weighted by Gasteiger charge is -2.08. The van der Waals surface area contributed by atoms with E-state index in [1.807, 2.05) is 23.5 Å². The molecule has 4 nitrogen and oxygen atoms in total. The molecule has 0 unspecified atom stereocenters. The van der Waals surface area contributed by atoms with Crippen LogP contribution in [0.2, 0.25) is 0 Å². The molecule has 2 aromatic carbocycles. The fraction of sp³-hybridized carbons (Fsp3) is 0.111.